The molecule has 24 heavy (non-hydrogen) atoms. The maximum atomic E-state index is 12.9. The van der Waals surface area contributed by atoms with Gasteiger partial charge in [0.05, 0.1) is 17.6 Å². The Bertz CT molecular complexity index is 812. The summed E-state index contributed by atoms with van der Waals surface area (Å²) < 4.78 is 20.5. The molecule has 0 bridgehead atoms. The van der Waals surface area contributed by atoms with Crippen molar-refractivity contribution in [2.45, 2.75) is 32.4 Å². The highest BCUT2D eigenvalue weighted by molar-refractivity contribution is 5.76. The van der Waals surface area contributed by atoms with Crippen molar-refractivity contribution in [3.8, 4) is 5.75 Å². The van der Waals surface area contributed by atoms with Crippen molar-refractivity contribution >= 4 is 11.0 Å². The first-order valence-electron chi connectivity index (χ1n) is 8.06. The van der Waals surface area contributed by atoms with Crippen LogP contribution in [-0.4, -0.2) is 27.4 Å². The van der Waals surface area contributed by atoms with E-state index in [0.717, 1.165) is 16.9 Å². The molecule has 3 aromatic rings. The van der Waals surface area contributed by atoms with E-state index in [1.165, 1.54) is 12.1 Å². The third-order valence-corrected chi connectivity index (χ3v) is 3.85. The first-order chi connectivity index (χ1) is 11.5. The lowest BCUT2D eigenvalue weighted by molar-refractivity contribution is 0.0925. The molecular formula is C19H21FN2O2. The summed E-state index contributed by atoms with van der Waals surface area (Å²) in [5.41, 5.74) is 1.93. The van der Waals surface area contributed by atoms with Crippen molar-refractivity contribution in [1.29, 1.82) is 0 Å². The molecule has 1 aromatic heterocycles. The molecule has 0 radical (unpaired) electrons. The summed E-state index contributed by atoms with van der Waals surface area (Å²) in [4.78, 5) is 4.66. The normalized spacial score (nSPS) is 12.7. The molecule has 0 aliphatic rings. The van der Waals surface area contributed by atoms with Gasteiger partial charge in [-0.3, -0.25) is 0 Å². The average molecular weight is 328 g/mol. The van der Waals surface area contributed by atoms with Crippen LogP contribution >= 0.6 is 0 Å². The fourth-order valence-electron chi connectivity index (χ4n) is 2.71. The Labute approximate surface area is 140 Å². The summed E-state index contributed by atoms with van der Waals surface area (Å²) in [7, 11) is 0. The number of fused-ring (bicyclic) bond motifs is 1. The van der Waals surface area contributed by atoms with Crippen LogP contribution in [0.5, 0.6) is 5.75 Å². The fourth-order valence-corrected chi connectivity index (χ4v) is 2.71. The Kier molecular flexibility index (Phi) is 4.81. The molecule has 0 aliphatic carbocycles. The summed E-state index contributed by atoms with van der Waals surface area (Å²) >= 11 is 0. The van der Waals surface area contributed by atoms with Crippen molar-refractivity contribution < 1.29 is 14.2 Å². The minimum Gasteiger partial charge on any atom is -0.491 e. The van der Waals surface area contributed by atoms with Crippen molar-refractivity contribution in [2.75, 3.05) is 6.61 Å². The Morgan fingerprint density at radius 1 is 1.12 bits per heavy atom. The lowest BCUT2D eigenvalue weighted by atomic mass is 10.2. The number of hydrogen-bond acceptors (Lipinski definition) is 3. The van der Waals surface area contributed by atoms with Crippen LogP contribution in [0.1, 0.15) is 25.6 Å². The van der Waals surface area contributed by atoms with E-state index in [0.29, 0.717) is 12.3 Å². The Hall–Kier alpha value is -2.40. The lowest BCUT2D eigenvalue weighted by Crippen LogP contribution is -2.24. The molecule has 1 heterocycles. The van der Waals surface area contributed by atoms with E-state index in [2.05, 4.69) is 18.8 Å². The van der Waals surface area contributed by atoms with Gasteiger partial charge >= 0.3 is 0 Å². The number of imidazole rings is 1. The second-order valence-corrected chi connectivity index (χ2v) is 6.14. The van der Waals surface area contributed by atoms with Gasteiger partial charge in [-0.1, -0.05) is 26.0 Å². The summed E-state index contributed by atoms with van der Waals surface area (Å²) in [5, 5.41) is 10.4. The van der Waals surface area contributed by atoms with Crippen LogP contribution in [0.2, 0.25) is 0 Å². The van der Waals surface area contributed by atoms with Gasteiger partial charge in [-0.15, -0.1) is 0 Å². The average Bonchev–Trinajstić information content (AvgIpc) is 2.93. The number of rotatable bonds is 6. The highest BCUT2D eigenvalue weighted by atomic mass is 19.1. The van der Waals surface area contributed by atoms with Gasteiger partial charge in [-0.05, 0) is 36.4 Å². The van der Waals surface area contributed by atoms with E-state index in [1.54, 1.807) is 12.1 Å². The summed E-state index contributed by atoms with van der Waals surface area (Å²) in [6, 6.07) is 13.7. The van der Waals surface area contributed by atoms with Gasteiger partial charge in [0, 0.05) is 5.92 Å². The van der Waals surface area contributed by atoms with E-state index in [9.17, 15) is 9.50 Å². The van der Waals surface area contributed by atoms with Crippen LogP contribution in [-0.2, 0) is 6.54 Å². The molecule has 1 atom stereocenters. The van der Waals surface area contributed by atoms with Crippen LogP contribution in [0.4, 0.5) is 4.39 Å². The summed E-state index contributed by atoms with van der Waals surface area (Å²) in [5.74, 6) is 1.42. The third kappa shape index (κ3) is 3.57. The van der Waals surface area contributed by atoms with Crippen molar-refractivity contribution in [2.24, 2.45) is 0 Å². The van der Waals surface area contributed by atoms with Crippen LogP contribution in [0.3, 0.4) is 0 Å². The van der Waals surface area contributed by atoms with E-state index in [1.807, 2.05) is 28.8 Å². The predicted molar refractivity (Wildman–Crippen MR) is 91.7 cm³/mol. The highest BCUT2D eigenvalue weighted by Gasteiger charge is 2.16. The van der Waals surface area contributed by atoms with E-state index in [-0.39, 0.29) is 18.3 Å². The molecule has 0 amide bonds. The monoisotopic (exact) mass is 328 g/mol. The van der Waals surface area contributed by atoms with Gasteiger partial charge in [0.1, 0.15) is 30.1 Å². The maximum absolute atomic E-state index is 12.9. The number of aliphatic hydroxyl groups excluding tert-OH is 1. The smallest absolute Gasteiger partial charge is 0.123 e. The zero-order valence-electron chi connectivity index (χ0n) is 13.8. The number of aromatic nitrogens is 2. The molecule has 4 nitrogen and oxygen atoms in total. The first-order valence-corrected chi connectivity index (χ1v) is 8.06. The molecule has 0 spiro atoms. The van der Waals surface area contributed by atoms with Crippen LogP contribution < -0.4 is 4.74 Å². The lowest BCUT2D eigenvalue weighted by Gasteiger charge is -2.17. The number of para-hydroxylation sites is 2. The predicted octanol–water partition coefficient (Wildman–Crippen LogP) is 3.74. The number of halogens is 1. The van der Waals surface area contributed by atoms with Gasteiger partial charge in [0.2, 0.25) is 0 Å². The van der Waals surface area contributed by atoms with E-state index >= 15 is 0 Å². The molecule has 5 heteroatoms. The van der Waals surface area contributed by atoms with Crippen molar-refractivity contribution in [3.63, 3.8) is 0 Å². The molecule has 3 rings (SSSR count). The van der Waals surface area contributed by atoms with Crippen LogP contribution in [0.15, 0.2) is 48.5 Å². The zero-order valence-corrected chi connectivity index (χ0v) is 13.8. The first kappa shape index (κ1) is 16.5. The van der Waals surface area contributed by atoms with Gasteiger partial charge in [0.15, 0.2) is 0 Å². The van der Waals surface area contributed by atoms with Crippen molar-refractivity contribution in [3.05, 3.63) is 60.2 Å². The number of aliphatic hydroxyl groups is 1. The highest BCUT2D eigenvalue weighted by Crippen LogP contribution is 2.22. The molecule has 0 fully saturated rings. The van der Waals surface area contributed by atoms with E-state index < -0.39 is 6.10 Å². The number of benzene rings is 2. The van der Waals surface area contributed by atoms with Crippen LogP contribution in [0.25, 0.3) is 11.0 Å². The Balaban J connectivity index is 1.73. The van der Waals surface area contributed by atoms with E-state index in [4.69, 9.17) is 4.74 Å². The summed E-state index contributed by atoms with van der Waals surface area (Å²) in [6.07, 6.45) is -0.690. The van der Waals surface area contributed by atoms with Gasteiger partial charge in [-0.2, -0.15) is 0 Å². The van der Waals surface area contributed by atoms with Gasteiger partial charge < -0.3 is 14.4 Å². The Morgan fingerprint density at radius 3 is 2.54 bits per heavy atom. The van der Waals surface area contributed by atoms with Gasteiger partial charge in [0.25, 0.3) is 0 Å². The molecule has 0 saturated heterocycles. The molecule has 0 aliphatic heterocycles. The number of hydrogen-bond donors (Lipinski definition) is 1. The third-order valence-electron chi connectivity index (χ3n) is 3.85. The minimum absolute atomic E-state index is 0.135. The van der Waals surface area contributed by atoms with Crippen LogP contribution in [0, 0.1) is 5.82 Å². The number of ether oxygens (including phenoxy) is 1. The minimum atomic E-state index is -0.690. The van der Waals surface area contributed by atoms with Crippen molar-refractivity contribution in [1.82, 2.24) is 9.55 Å². The molecular weight excluding hydrogens is 307 g/mol. The maximum Gasteiger partial charge on any atom is 0.123 e. The molecule has 1 N–H and O–H groups in total. The summed E-state index contributed by atoms with van der Waals surface area (Å²) in [6.45, 7) is 4.70. The standard InChI is InChI=1S/C19H21FN2O2/c1-13(2)19-21-17-5-3-4-6-18(17)22(19)11-15(23)12-24-16-9-7-14(20)8-10-16/h3-10,13,15,23H,11-12H2,1-2H3/t15-/m1/s1. The topological polar surface area (TPSA) is 47.3 Å². The molecule has 2 aromatic carbocycles. The SMILES string of the molecule is CC(C)c1nc2ccccc2n1C[C@@H](O)COc1ccc(F)cc1. The largest absolute Gasteiger partial charge is 0.491 e. The Morgan fingerprint density at radius 2 is 1.83 bits per heavy atom. The van der Waals surface area contributed by atoms with Gasteiger partial charge in [-0.25, -0.2) is 9.37 Å². The molecule has 0 unspecified atom stereocenters. The second kappa shape index (κ2) is 7.01. The quantitative estimate of drug-likeness (QED) is 0.750. The zero-order chi connectivity index (χ0) is 17.1. The molecule has 126 valence electrons. The number of nitrogens with zero attached hydrogens (tertiary/aromatic N) is 2. The molecule has 0 saturated carbocycles. The second-order valence-electron chi connectivity index (χ2n) is 6.14. The fraction of sp³-hybridized carbons (Fsp3) is 0.316.